The summed E-state index contributed by atoms with van der Waals surface area (Å²) in [4.78, 5) is 0. The van der Waals surface area contributed by atoms with E-state index < -0.39 is 0 Å². The zero-order valence-corrected chi connectivity index (χ0v) is 25.3. The molecule has 0 aliphatic carbocycles. The largest absolute Gasteiger partial charge is 0.135 e. The number of hydrogen-bond donors (Lipinski definition) is 0. The van der Waals surface area contributed by atoms with Gasteiger partial charge in [-0.2, -0.15) is 0 Å². The molecular formula is C42H24S2. The molecule has 0 atom stereocenters. The number of fused-ring (bicyclic) bond motifs is 12. The average Bonchev–Trinajstić information content (AvgIpc) is 3.64. The smallest absolute Gasteiger partial charge is 0.0433 e. The molecule has 0 unspecified atom stereocenters. The van der Waals surface area contributed by atoms with Crippen LogP contribution in [-0.4, -0.2) is 0 Å². The molecular weight excluding hydrogens is 569 g/mol. The van der Waals surface area contributed by atoms with Gasteiger partial charge in [0.2, 0.25) is 0 Å². The molecule has 44 heavy (non-hydrogen) atoms. The van der Waals surface area contributed by atoms with Crippen LogP contribution in [0.15, 0.2) is 146 Å². The number of benzene rings is 8. The van der Waals surface area contributed by atoms with Gasteiger partial charge >= 0.3 is 0 Å². The molecule has 204 valence electrons. The van der Waals surface area contributed by atoms with Crippen molar-refractivity contribution in [2.45, 2.75) is 0 Å². The summed E-state index contributed by atoms with van der Waals surface area (Å²) in [7, 11) is 0. The molecule has 0 N–H and O–H groups in total. The predicted molar refractivity (Wildman–Crippen MR) is 196 cm³/mol. The highest BCUT2D eigenvalue weighted by Crippen LogP contribution is 2.45. The Bertz CT molecular complexity index is 2740. The lowest BCUT2D eigenvalue weighted by Crippen LogP contribution is -1.86. The van der Waals surface area contributed by atoms with E-state index in [9.17, 15) is 0 Å². The molecule has 0 saturated heterocycles. The van der Waals surface area contributed by atoms with E-state index >= 15 is 0 Å². The van der Waals surface area contributed by atoms with Gasteiger partial charge in [0.25, 0.3) is 0 Å². The minimum atomic E-state index is 1.24. The van der Waals surface area contributed by atoms with Crippen molar-refractivity contribution in [1.29, 1.82) is 0 Å². The van der Waals surface area contributed by atoms with E-state index in [1.54, 1.807) is 0 Å². The van der Waals surface area contributed by atoms with Crippen LogP contribution in [0, 0.1) is 0 Å². The van der Waals surface area contributed by atoms with Crippen molar-refractivity contribution in [3.63, 3.8) is 0 Å². The Kier molecular flexibility index (Phi) is 5.13. The third-order valence-corrected chi connectivity index (χ3v) is 11.6. The van der Waals surface area contributed by atoms with Crippen LogP contribution in [0.4, 0.5) is 0 Å². The van der Waals surface area contributed by atoms with E-state index in [0.717, 1.165) is 0 Å². The normalized spacial score (nSPS) is 12.1. The third-order valence-electron chi connectivity index (χ3n) is 9.25. The number of thiophene rings is 2. The molecule has 2 heterocycles. The van der Waals surface area contributed by atoms with E-state index in [1.165, 1.54) is 94.9 Å². The van der Waals surface area contributed by atoms with Crippen LogP contribution in [-0.2, 0) is 0 Å². The van der Waals surface area contributed by atoms with Crippen molar-refractivity contribution < 1.29 is 0 Å². The highest BCUT2D eigenvalue weighted by atomic mass is 32.1. The van der Waals surface area contributed by atoms with Gasteiger partial charge in [-0.1, -0.05) is 115 Å². The van der Waals surface area contributed by atoms with Gasteiger partial charge < -0.3 is 0 Å². The van der Waals surface area contributed by atoms with E-state index in [4.69, 9.17) is 0 Å². The fourth-order valence-electron chi connectivity index (χ4n) is 7.20. The molecule has 0 nitrogen and oxygen atoms in total. The zero-order valence-electron chi connectivity index (χ0n) is 23.7. The standard InChI is InChI=1S/C42H24S2/c1-2-13-31-29(11-1)30-12-3-4-14-32(30)36-22-26(19-20-33(31)36)25-9-7-10-27(21-25)28-16-8-17-35-38-24-40-37(23-41(38)44-42(28)35)34-15-5-6-18-39(34)43-40/h1-24H. The third kappa shape index (κ3) is 3.50. The monoisotopic (exact) mass is 592 g/mol. The van der Waals surface area contributed by atoms with Gasteiger partial charge in [0.05, 0.1) is 0 Å². The van der Waals surface area contributed by atoms with Crippen molar-refractivity contribution in [3.05, 3.63) is 146 Å². The Labute approximate surface area is 262 Å². The molecule has 0 aliphatic rings. The van der Waals surface area contributed by atoms with Gasteiger partial charge in [-0.3, -0.25) is 0 Å². The van der Waals surface area contributed by atoms with Crippen molar-refractivity contribution in [2.24, 2.45) is 0 Å². The van der Waals surface area contributed by atoms with Gasteiger partial charge in [0, 0.05) is 40.3 Å². The van der Waals surface area contributed by atoms with Crippen LogP contribution in [0.1, 0.15) is 0 Å². The second-order valence-corrected chi connectivity index (χ2v) is 13.8. The topological polar surface area (TPSA) is 0 Å². The summed E-state index contributed by atoms with van der Waals surface area (Å²) in [6.45, 7) is 0. The van der Waals surface area contributed by atoms with Crippen LogP contribution in [0.25, 0.3) is 94.9 Å². The Morgan fingerprint density at radius 2 is 0.818 bits per heavy atom. The summed E-state index contributed by atoms with van der Waals surface area (Å²) in [5, 5.41) is 13.3. The summed E-state index contributed by atoms with van der Waals surface area (Å²) in [5.41, 5.74) is 5.05. The maximum atomic E-state index is 2.41. The molecule has 0 bridgehead atoms. The van der Waals surface area contributed by atoms with Gasteiger partial charge in [-0.25, -0.2) is 0 Å². The summed E-state index contributed by atoms with van der Waals surface area (Å²) < 4.78 is 5.44. The fraction of sp³-hybridized carbons (Fsp3) is 0. The Balaban J connectivity index is 1.15. The first-order valence-corrected chi connectivity index (χ1v) is 16.6. The van der Waals surface area contributed by atoms with Crippen LogP contribution < -0.4 is 0 Å². The number of rotatable bonds is 2. The van der Waals surface area contributed by atoms with Crippen LogP contribution in [0.3, 0.4) is 0 Å². The molecule has 2 heteroatoms. The maximum Gasteiger partial charge on any atom is 0.0433 e. The highest BCUT2D eigenvalue weighted by molar-refractivity contribution is 7.27. The van der Waals surface area contributed by atoms with E-state index in [2.05, 4.69) is 146 Å². The molecule has 0 fully saturated rings. The average molecular weight is 593 g/mol. The van der Waals surface area contributed by atoms with Crippen LogP contribution in [0.5, 0.6) is 0 Å². The zero-order chi connectivity index (χ0) is 28.8. The van der Waals surface area contributed by atoms with Gasteiger partial charge in [-0.15, -0.1) is 22.7 Å². The lowest BCUT2D eigenvalue weighted by molar-refractivity contribution is 1.63. The van der Waals surface area contributed by atoms with Gasteiger partial charge in [0.1, 0.15) is 0 Å². The lowest BCUT2D eigenvalue weighted by Gasteiger charge is -2.12. The minimum Gasteiger partial charge on any atom is -0.135 e. The van der Waals surface area contributed by atoms with E-state index in [0.29, 0.717) is 0 Å². The van der Waals surface area contributed by atoms with E-state index in [-0.39, 0.29) is 0 Å². The molecule has 0 spiro atoms. The second kappa shape index (κ2) is 9.24. The predicted octanol–water partition coefficient (Wildman–Crippen LogP) is 13.2. The molecule has 0 saturated carbocycles. The Morgan fingerprint density at radius 3 is 1.59 bits per heavy atom. The molecule has 2 aromatic heterocycles. The van der Waals surface area contributed by atoms with Crippen molar-refractivity contribution in [2.75, 3.05) is 0 Å². The maximum absolute atomic E-state index is 2.41. The molecule has 10 aromatic rings. The molecule has 0 radical (unpaired) electrons. The molecule has 10 rings (SSSR count). The number of hydrogen-bond acceptors (Lipinski definition) is 2. The first kappa shape index (κ1) is 24.4. The van der Waals surface area contributed by atoms with Crippen molar-refractivity contribution in [3.8, 4) is 22.3 Å². The Hall–Kier alpha value is -5.02. The minimum absolute atomic E-state index is 1.24. The van der Waals surface area contributed by atoms with E-state index in [1.807, 2.05) is 22.7 Å². The molecule has 8 aromatic carbocycles. The lowest BCUT2D eigenvalue weighted by atomic mass is 9.91. The van der Waals surface area contributed by atoms with Crippen LogP contribution >= 0.6 is 22.7 Å². The molecule has 0 amide bonds. The molecule has 0 aliphatic heterocycles. The summed E-state index contributed by atoms with van der Waals surface area (Å²) in [6, 6.07) is 54.1. The van der Waals surface area contributed by atoms with Gasteiger partial charge in [0.15, 0.2) is 0 Å². The first-order chi connectivity index (χ1) is 21.8. The highest BCUT2D eigenvalue weighted by Gasteiger charge is 2.15. The van der Waals surface area contributed by atoms with Crippen LogP contribution in [0.2, 0.25) is 0 Å². The SMILES string of the molecule is c1cc(-c2ccc3c4ccccc4c4ccccc4c3c2)cc(-c2cccc3c2sc2cc4c(cc23)sc2ccccc24)c1. The summed E-state index contributed by atoms with van der Waals surface area (Å²) in [6.07, 6.45) is 0. The van der Waals surface area contributed by atoms with Crippen molar-refractivity contribution in [1.82, 2.24) is 0 Å². The summed E-state index contributed by atoms with van der Waals surface area (Å²) >= 11 is 3.82. The quantitative estimate of drug-likeness (QED) is 0.175. The van der Waals surface area contributed by atoms with Gasteiger partial charge in [-0.05, 0) is 84.9 Å². The second-order valence-electron chi connectivity index (χ2n) is 11.7. The fourth-order valence-corrected chi connectivity index (χ4v) is 9.58. The summed E-state index contributed by atoms with van der Waals surface area (Å²) in [5.74, 6) is 0. The Morgan fingerprint density at radius 1 is 0.273 bits per heavy atom. The van der Waals surface area contributed by atoms with Crippen molar-refractivity contribution >= 4 is 95.3 Å². The first-order valence-electron chi connectivity index (χ1n) is 15.0.